The largest absolute Gasteiger partial charge is 0.444 e. The summed E-state index contributed by atoms with van der Waals surface area (Å²) in [5, 5.41) is 2.97. The van der Waals surface area contributed by atoms with Crippen LogP contribution in [0.15, 0.2) is 23.3 Å². The lowest BCUT2D eigenvalue weighted by Gasteiger charge is -2.33. The van der Waals surface area contributed by atoms with E-state index >= 15 is 0 Å². The Hall–Kier alpha value is -1.78. The van der Waals surface area contributed by atoms with E-state index in [1.54, 1.807) is 0 Å². The molecule has 1 heterocycles. The highest BCUT2D eigenvalue weighted by Crippen LogP contribution is 2.28. The Morgan fingerprint density at radius 2 is 1.93 bits per heavy atom. The van der Waals surface area contributed by atoms with Gasteiger partial charge in [0.25, 0.3) is 5.91 Å². The van der Waals surface area contributed by atoms with Gasteiger partial charge in [-0.2, -0.15) is 0 Å². The van der Waals surface area contributed by atoms with Crippen LogP contribution in [0.4, 0.5) is 4.79 Å². The molecule has 5 heteroatoms. The summed E-state index contributed by atoms with van der Waals surface area (Å²) >= 11 is 0. The first kappa shape index (κ1) is 21.5. The Labute approximate surface area is 164 Å². The number of allylic oxidation sites excluding steroid dienone is 2. The molecule has 1 fully saturated rings. The molecule has 0 unspecified atom stereocenters. The van der Waals surface area contributed by atoms with Crippen LogP contribution in [0.1, 0.15) is 73.1 Å². The molecule has 152 valence electrons. The third kappa shape index (κ3) is 7.39. The first-order valence-electron chi connectivity index (χ1n) is 10.3. The fourth-order valence-electron chi connectivity index (χ4n) is 3.59. The number of carbonyl (C=O) groups is 2. The Morgan fingerprint density at radius 1 is 1.26 bits per heavy atom. The molecule has 1 saturated heterocycles. The van der Waals surface area contributed by atoms with Gasteiger partial charge in [0.2, 0.25) is 0 Å². The van der Waals surface area contributed by atoms with Gasteiger partial charge in [-0.15, -0.1) is 0 Å². The third-order valence-electron chi connectivity index (χ3n) is 5.01. The lowest BCUT2D eigenvalue weighted by molar-refractivity contribution is -0.117. The quantitative estimate of drug-likeness (QED) is 0.764. The molecule has 27 heavy (non-hydrogen) atoms. The number of hydrogen-bond donors (Lipinski definition) is 1. The van der Waals surface area contributed by atoms with Gasteiger partial charge in [-0.3, -0.25) is 4.79 Å². The van der Waals surface area contributed by atoms with Crippen molar-refractivity contribution in [1.82, 2.24) is 10.2 Å². The van der Waals surface area contributed by atoms with E-state index in [9.17, 15) is 9.59 Å². The molecule has 1 aliphatic heterocycles. The van der Waals surface area contributed by atoms with E-state index in [0.717, 1.165) is 57.2 Å². The highest BCUT2D eigenvalue weighted by Gasteiger charge is 2.27. The van der Waals surface area contributed by atoms with Crippen molar-refractivity contribution in [2.45, 2.75) is 84.8 Å². The summed E-state index contributed by atoms with van der Waals surface area (Å²) in [6.45, 7) is 11.2. The number of nitrogens with one attached hydrogen (secondary N) is 1. The molecular weight excluding hydrogens is 340 g/mol. The van der Waals surface area contributed by atoms with Crippen molar-refractivity contribution in [3.8, 4) is 0 Å². The second-order valence-electron chi connectivity index (χ2n) is 9.08. The van der Waals surface area contributed by atoms with Crippen molar-refractivity contribution in [1.29, 1.82) is 0 Å². The second-order valence-corrected chi connectivity index (χ2v) is 9.08. The van der Waals surface area contributed by atoms with Crippen molar-refractivity contribution in [2.24, 2.45) is 5.92 Å². The predicted molar refractivity (Wildman–Crippen MR) is 108 cm³/mol. The Balaban J connectivity index is 1.76. The average Bonchev–Trinajstić information content (AvgIpc) is 2.58. The SMILES string of the molecule is CC(C)NC(=O)C1=CCCC(CCC2CCN(C(=O)OC(C)(C)C)CC2)=C1. The molecule has 0 aromatic heterocycles. The maximum atomic E-state index is 12.2. The minimum atomic E-state index is -0.436. The number of amides is 2. The van der Waals surface area contributed by atoms with Crippen LogP contribution in [-0.2, 0) is 9.53 Å². The molecular formula is C22H36N2O3. The first-order valence-corrected chi connectivity index (χ1v) is 10.3. The second kappa shape index (κ2) is 9.43. The van der Waals surface area contributed by atoms with E-state index in [1.165, 1.54) is 5.57 Å². The topological polar surface area (TPSA) is 58.6 Å². The molecule has 0 atom stereocenters. The Kier molecular flexibility index (Phi) is 7.51. The standard InChI is InChI=1S/C22H36N2O3/c1-16(2)23-20(25)19-8-6-7-18(15-19)10-9-17-11-13-24(14-12-17)21(26)27-22(3,4)5/h8,15-17H,6-7,9-14H2,1-5H3,(H,23,25). The summed E-state index contributed by atoms with van der Waals surface area (Å²) in [5.41, 5.74) is 1.75. The molecule has 1 aliphatic carbocycles. The van der Waals surface area contributed by atoms with Gasteiger partial charge < -0.3 is 15.0 Å². The lowest BCUT2D eigenvalue weighted by atomic mass is 9.88. The van der Waals surface area contributed by atoms with Crippen LogP contribution in [0.5, 0.6) is 0 Å². The Morgan fingerprint density at radius 3 is 2.52 bits per heavy atom. The summed E-state index contributed by atoms with van der Waals surface area (Å²) < 4.78 is 5.46. The highest BCUT2D eigenvalue weighted by atomic mass is 16.6. The number of likely N-dealkylation sites (tertiary alicyclic amines) is 1. The van der Waals surface area contributed by atoms with Gasteiger partial charge in [-0.05, 0) is 79.1 Å². The van der Waals surface area contributed by atoms with Crippen molar-refractivity contribution in [2.75, 3.05) is 13.1 Å². The van der Waals surface area contributed by atoms with Gasteiger partial charge in [0.15, 0.2) is 0 Å². The van der Waals surface area contributed by atoms with Gasteiger partial charge in [-0.25, -0.2) is 4.79 Å². The van der Waals surface area contributed by atoms with E-state index < -0.39 is 5.60 Å². The third-order valence-corrected chi connectivity index (χ3v) is 5.01. The Bertz CT molecular complexity index is 591. The number of rotatable bonds is 5. The lowest BCUT2D eigenvalue weighted by Crippen LogP contribution is -2.41. The molecule has 0 radical (unpaired) electrons. The molecule has 0 aromatic carbocycles. The number of piperidine rings is 1. The van der Waals surface area contributed by atoms with Crippen LogP contribution in [0.3, 0.4) is 0 Å². The zero-order chi connectivity index (χ0) is 20.0. The summed E-state index contributed by atoms with van der Waals surface area (Å²) in [7, 11) is 0. The zero-order valence-electron chi connectivity index (χ0n) is 17.6. The number of carbonyl (C=O) groups excluding carboxylic acids is 2. The fourth-order valence-corrected chi connectivity index (χ4v) is 3.59. The van der Waals surface area contributed by atoms with E-state index in [4.69, 9.17) is 4.74 Å². The van der Waals surface area contributed by atoms with Crippen molar-refractivity contribution in [3.63, 3.8) is 0 Å². The molecule has 2 rings (SSSR count). The van der Waals surface area contributed by atoms with Crippen LogP contribution in [0, 0.1) is 5.92 Å². The zero-order valence-corrected chi connectivity index (χ0v) is 17.6. The predicted octanol–water partition coefficient (Wildman–Crippen LogP) is 4.58. The molecule has 0 spiro atoms. The molecule has 2 aliphatic rings. The summed E-state index contributed by atoms with van der Waals surface area (Å²) in [6, 6.07) is 0.160. The summed E-state index contributed by atoms with van der Waals surface area (Å²) in [6.07, 6.45) is 10.2. The molecule has 0 saturated carbocycles. The highest BCUT2D eigenvalue weighted by molar-refractivity contribution is 5.96. The molecule has 5 nitrogen and oxygen atoms in total. The van der Waals surface area contributed by atoms with Crippen molar-refractivity contribution in [3.05, 3.63) is 23.3 Å². The monoisotopic (exact) mass is 376 g/mol. The summed E-state index contributed by atoms with van der Waals surface area (Å²) in [4.78, 5) is 26.2. The van der Waals surface area contributed by atoms with Crippen LogP contribution >= 0.6 is 0 Å². The van der Waals surface area contributed by atoms with Gasteiger partial charge in [0.05, 0.1) is 0 Å². The van der Waals surface area contributed by atoms with Crippen LogP contribution in [0.25, 0.3) is 0 Å². The number of nitrogens with zero attached hydrogens (tertiary/aromatic N) is 1. The van der Waals surface area contributed by atoms with E-state index in [1.807, 2.05) is 45.6 Å². The average molecular weight is 377 g/mol. The molecule has 1 N–H and O–H groups in total. The minimum Gasteiger partial charge on any atom is -0.444 e. The fraction of sp³-hybridized carbons (Fsp3) is 0.727. The van der Waals surface area contributed by atoms with Crippen LogP contribution < -0.4 is 5.32 Å². The van der Waals surface area contributed by atoms with Crippen molar-refractivity contribution >= 4 is 12.0 Å². The van der Waals surface area contributed by atoms with Crippen molar-refractivity contribution < 1.29 is 14.3 Å². The molecule has 0 aromatic rings. The van der Waals surface area contributed by atoms with Gasteiger partial charge in [-0.1, -0.05) is 17.7 Å². The van der Waals surface area contributed by atoms with Gasteiger partial charge in [0, 0.05) is 24.7 Å². The number of hydrogen-bond acceptors (Lipinski definition) is 3. The maximum Gasteiger partial charge on any atom is 0.410 e. The summed E-state index contributed by atoms with van der Waals surface area (Å²) in [5.74, 6) is 0.677. The first-order chi connectivity index (χ1) is 12.6. The van der Waals surface area contributed by atoms with E-state index in [0.29, 0.717) is 5.92 Å². The minimum absolute atomic E-state index is 0.0351. The van der Waals surface area contributed by atoms with Gasteiger partial charge in [0.1, 0.15) is 5.60 Å². The number of ether oxygens (including phenoxy) is 1. The van der Waals surface area contributed by atoms with Gasteiger partial charge >= 0.3 is 6.09 Å². The normalized spacial score (nSPS) is 18.8. The van der Waals surface area contributed by atoms with Crippen LogP contribution in [-0.4, -0.2) is 41.6 Å². The maximum absolute atomic E-state index is 12.2. The molecule has 0 bridgehead atoms. The van der Waals surface area contributed by atoms with E-state index in [2.05, 4.69) is 11.4 Å². The smallest absolute Gasteiger partial charge is 0.410 e. The van der Waals surface area contributed by atoms with E-state index in [-0.39, 0.29) is 18.0 Å². The molecule has 2 amide bonds. The van der Waals surface area contributed by atoms with Crippen LogP contribution in [0.2, 0.25) is 0 Å².